The van der Waals surface area contributed by atoms with Crippen molar-refractivity contribution in [2.75, 3.05) is 19.5 Å². The van der Waals surface area contributed by atoms with Crippen molar-refractivity contribution in [3.8, 4) is 5.75 Å². The normalized spacial score (nSPS) is 17.6. The number of thioether (sulfide) groups is 1. The van der Waals surface area contributed by atoms with Crippen LogP contribution >= 0.6 is 11.8 Å². The standard InChI is InChI=1S/C26H36F3N3O3S/c1-24(2,3)21-14-22(32(31(21)6)15-18-9-8-12-34-18)30-23(33)19-13-17(26(27,28)29)10-11-20(19)35-16-25(4,5)36-7/h10-11,13-14,18H,8-9,12,15-16H2,1-7H3/b30-22+/t18-/m1/s1. The maximum Gasteiger partial charge on any atom is 0.416 e. The van der Waals surface area contributed by atoms with Gasteiger partial charge in [-0.05, 0) is 51.1 Å². The summed E-state index contributed by atoms with van der Waals surface area (Å²) in [4.78, 5) is 17.7. The fraction of sp³-hybridized carbons (Fsp3) is 0.615. The Labute approximate surface area is 214 Å². The Bertz CT molecular complexity index is 1150. The van der Waals surface area contributed by atoms with Gasteiger partial charge < -0.3 is 9.47 Å². The third kappa shape index (κ3) is 6.76. The second-order valence-electron chi connectivity index (χ2n) is 10.8. The number of hydrogen-bond acceptors (Lipinski definition) is 4. The Morgan fingerprint density at radius 2 is 1.89 bits per heavy atom. The molecular weight excluding hydrogens is 491 g/mol. The summed E-state index contributed by atoms with van der Waals surface area (Å²) in [6, 6.07) is 4.77. The van der Waals surface area contributed by atoms with Gasteiger partial charge in [-0.2, -0.15) is 29.9 Å². The van der Waals surface area contributed by atoms with E-state index in [-0.39, 0.29) is 34.2 Å². The van der Waals surface area contributed by atoms with E-state index < -0.39 is 17.6 Å². The minimum Gasteiger partial charge on any atom is -0.491 e. The van der Waals surface area contributed by atoms with Crippen molar-refractivity contribution in [3.05, 3.63) is 46.6 Å². The summed E-state index contributed by atoms with van der Waals surface area (Å²) < 4.78 is 55.6. The molecule has 1 aromatic heterocycles. The molecule has 200 valence electrons. The molecule has 36 heavy (non-hydrogen) atoms. The summed E-state index contributed by atoms with van der Waals surface area (Å²) in [6.07, 6.45) is -0.830. The van der Waals surface area contributed by atoms with Gasteiger partial charge in [-0.25, -0.2) is 0 Å². The molecule has 0 aliphatic carbocycles. The van der Waals surface area contributed by atoms with Crippen LogP contribution in [0.15, 0.2) is 29.3 Å². The van der Waals surface area contributed by atoms with Crippen LogP contribution in [0, 0.1) is 0 Å². The van der Waals surface area contributed by atoms with Crippen molar-refractivity contribution in [2.45, 2.75) is 76.4 Å². The maximum atomic E-state index is 13.5. The van der Waals surface area contributed by atoms with Crippen LogP contribution in [0.3, 0.4) is 0 Å². The van der Waals surface area contributed by atoms with E-state index in [1.54, 1.807) is 11.8 Å². The van der Waals surface area contributed by atoms with Gasteiger partial charge in [0.05, 0.1) is 23.8 Å². The number of halogens is 3. The van der Waals surface area contributed by atoms with E-state index in [2.05, 4.69) is 25.8 Å². The zero-order valence-electron chi connectivity index (χ0n) is 22.0. The highest BCUT2D eigenvalue weighted by atomic mass is 32.2. The Morgan fingerprint density at radius 3 is 2.44 bits per heavy atom. The number of carbonyl (C=O) groups is 1. The van der Waals surface area contributed by atoms with E-state index in [1.165, 1.54) is 6.07 Å². The van der Waals surface area contributed by atoms with Crippen molar-refractivity contribution in [3.63, 3.8) is 0 Å². The van der Waals surface area contributed by atoms with Gasteiger partial charge in [0.2, 0.25) is 0 Å². The Kier molecular flexibility index (Phi) is 8.40. The highest BCUT2D eigenvalue weighted by Gasteiger charge is 2.32. The monoisotopic (exact) mass is 527 g/mol. The van der Waals surface area contributed by atoms with Crippen LogP contribution in [0.4, 0.5) is 13.2 Å². The summed E-state index contributed by atoms with van der Waals surface area (Å²) in [7, 11) is 1.89. The Balaban J connectivity index is 2.10. The number of hydrogen-bond donors (Lipinski definition) is 0. The zero-order chi connectivity index (χ0) is 26.9. The number of carbonyl (C=O) groups excluding carboxylic acids is 1. The average Bonchev–Trinajstić information content (AvgIpc) is 3.40. The molecule has 0 spiro atoms. The van der Waals surface area contributed by atoms with Gasteiger partial charge in [-0.3, -0.25) is 14.2 Å². The maximum absolute atomic E-state index is 13.5. The van der Waals surface area contributed by atoms with Gasteiger partial charge in [0, 0.05) is 35.6 Å². The van der Waals surface area contributed by atoms with E-state index >= 15 is 0 Å². The second-order valence-corrected chi connectivity index (χ2v) is 12.3. The molecule has 1 aliphatic rings. The number of amides is 1. The molecule has 1 aromatic carbocycles. The number of aromatic nitrogens is 2. The lowest BCUT2D eigenvalue weighted by atomic mass is 9.92. The first kappa shape index (κ1) is 28.4. The molecule has 1 atom stereocenters. The minimum absolute atomic E-state index is 0.0123. The molecule has 0 saturated carbocycles. The SMILES string of the molecule is CSC(C)(C)COc1ccc(C(F)(F)F)cc1C(=O)/N=c1\cc(C(C)(C)C)n(C)n1C[C@H]1CCCO1. The van der Waals surface area contributed by atoms with Crippen molar-refractivity contribution in [1.29, 1.82) is 0 Å². The van der Waals surface area contributed by atoms with Gasteiger partial charge in [-0.1, -0.05) is 20.8 Å². The van der Waals surface area contributed by atoms with Crippen LogP contribution in [0.1, 0.15) is 69.1 Å². The number of rotatable bonds is 7. The predicted molar refractivity (Wildman–Crippen MR) is 136 cm³/mol. The van der Waals surface area contributed by atoms with E-state index in [0.717, 1.165) is 30.7 Å². The quantitative estimate of drug-likeness (QED) is 0.472. The molecule has 1 saturated heterocycles. The molecule has 6 nitrogen and oxygen atoms in total. The number of benzene rings is 1. The third-order valence-corrected chi connectivity index (χ3v) is 7.51. The molecule has 0 radical (unpaired) electrons. The van der Waals surface area contributed by atoms with Crippen LogP contribution in [0.25, 0.3) is 0 Å². The lowest BCUT2D eigenvalue weighted by Gasteiger charge is -2.23. The molecule has 2 aromatic rings. The minimum atomic E-state index is -4.60. The van der Waals surface area contributed by atoms with E-state index in [1.807, 2.05) is 42.6 Å². The molecule has 3 rings (SSSR count). The van der Waals surface area contributed by atoms with Crippen molar-refractivity contribution in [2.24, 2.45) is 12.0 Å². The van der Waals surface area contributed by atoms with Gasteiger partial charge in [0.15, 0.2) is 5.49 Å². The summed E-state index contributed by atoms with van der Waals surface area (Å²) in [5, 5.41) is 0. The van der Waals surface area contributed by atoms with Crippen LogP contribution < -0.4 is 10.2 Å². The first-order valence-corrected chi connectivity index (χ1v) is 13.2. The van der Waals surface area contributed by atoms with E-state index in [9.17, 15) is 18.0 Å². The molecule has 0 bridgehead atoms. The zero-order valence-corrected chi connectivity index (χ0v) is 22.8. The van der Waals surface area contributed by atoms with Crippen molar-refractivity contribution < 1.29 is 27.4 Å². The van der Waals surface area contributed by atoms with Crippen LogP contribution in [0.5, 0.6) is 5.75 Å². The molecule has 0 N–H and O–H groups in total. The molecule has 1 amide bonds. The molecule has 10 heteroatoms. The van der Waals surface area contributed by atoms with Gasteiger partial charge in [-0.15, -0.1) is 0 Å². The van der Waals surface area contributed by atoms with E-state index in [0.29, 0.717) is 18.6 Å². The van der Waals surface area contributed by atoms with Gasteiger partial charge in [0.1, 0.15) is 12.4 Å². The molecule has 1 aliphatic heterocycles. The lowest BCUT2D eigenvalue weighted by molar-refractivity contribution is -0.137. The fourth-order valence-electron chi connectivity index (χ4n) is 4.04. The highest BCUT2D eigenvalue weighted by Crippen LogP contribution is 2.34. The lowest BCUT2D eigenvalue weighted by Crippen LogP contribution is -2.30. The van der Waals surface area contributed by atoms with Crippen molar-refractivity contribution >= 4 is 17.7 Å². The largest absolute Gasteiger partial charge is 0.491 e. The van der Waals surface area contributed by atoms with Crippen LogP contribution in [0.2, 0.25) is 0 Å². The molecule has 2 heterocycles. The molecule has 0 unspecified atom stereocenters. The Hall–Kier alpha value is -2.20. The first-order valence-electron chi connectivity index (χ1n) is 12.0. The third-order valence-electron chi connectivity index (χ3n) is 6.29. The Morgan fingerprint density at radius 1 is 1.19 bits per heavy atom. The van der Waals surface area contributed by atoms with E-state index in [4.69, 9.17) is 9.47 Å². The number of nitrogens with zero attached hydrogens (tertiary/aromatic N) is 3. The van der Waals surface area contributed by atoms with Crippen molar-refractivity contribution in [1.82, 2.24) is 9.36 Å². The molecule has 1 fully saturated rings. The number of ether oxygens (including phenoxy) is 2. The van der Waals surface area contributed by atoms with Gasteiger partial charge >= 0.3 is 6.18 Å². The summed E-state index contributed by atoms with van der Waals surface area (Å²) in [5.41, 5.74) is -0.0673. The fourth-order valence-corrected chi connectivity index (χ4v) is 4.21. The highest BCUT2D eigenvalue weighted by molar-refractivity contribution is 7.99. The van der Waals surface area contributed by atoms with Crippen LogP contribution in [-0.2, 0) is 29.9 Å². The molecular formula is C26H36F3N3O3S. The smallest absolute Gasteiger partial charge is 0.416 e. The average molecular weight is 528 g/mol. The number of alkyl halides is 3. The van der Waals surface area contributed by atoms with Gasteiger partial charge in [0.25, 0.3) is 5.91 Å². The topological polar surface area (TPSA) is 57.8 Å². The predicted octanol–water partition coefficient (Wildman–Crippen LogP) is 5.58. The first-order chi connectivity index (χ1) is 16.6. The second kappa shape index (κ2) is 10.7. The summed E-state index contributed by atoms with van der Waals surface area (Å²) in [5.74, 6) is -0.707. The summed E-state index contributed by atoms with van der Waals surface area (Å²) >= 11 is 1.56. The van der Waals surface area contributed by atoms with Crippen LogP contribution in [-0.4, -0.2) is 45.6 Å². The summed E-state index contributed by atoms with van der Waals surface area (Å²) in [6.45, 7) is 11.5.